The first-order valence-corrected chi connectivity index (χ1v) is 10.3. The fourth-order valence-corrected chi connectivity index (χ4v) is 5.01. The van der Waals surface area contributed by atoms with Gasteiger partial charge in [-0.2, -0.15) is 5.10 Å². The first-order valence-electron chi connectivity index (χ1n) is 9.46. The van der Waals surface area contributed by atoms with Crippen molar-refractivity contribution in [2.24, 2.45) is 0 Å². The highest BCUT2D eigenvalue weighted by atomic mass is 32.1. The molecule has 1 aliphatic heterocycles. The summed E-state index contributed by atoms with van der Waals surface area (Å²) in [6.07, 6.45) is 10.3. The van der Waals surface area contributed by atoms with Crippen molar-refractivity contribution in [2.75, 3.05) is 25.0 Å². The molecule has 6 heteroatoms. The maximum absolute atomic E-state index is 12.6. The van der Waals surface area contributed by atoms with Crippen LogP contribution in [0.4, 0.5) is 5.82 Å². The highest BCUT2D eigenvalue weighted by molar-refractivity contribution is 7.10. The first-order chi connectivity index (χ1) is 12.3. The van der Waals surface area contributed by atoms with Crippen molar-refractivity contribution in [3.63, 3.8) is 0 Å². The number of nitrogens with zero attached hydrogens (tertiary/aromatic N) is 3. The molecule has 3 heterocycles. The Balaban J connectivity index is 1.31. The van der Waals surface area contributed by atoms with Gasteiger partial charge in [-0.15, -0.1) is 11.3 Å². The Morgan fingerprint density at radius 1 is 1.16 bits per heavy atom. The number of aromatic nitrogens is 2. The number of fused-ring (bicyclic) bond motifs is 1. The molecule has 0 aromatic carbocycles. The van der Waals surface area contributed by atoms with Gasteiger partial charge in [0.2, 0.25) is 0 Å². The maximum Gasteiger partial charge on any atom is 0.257 e. The number of hydrogen-bond acceptors (Lipinski definition) is 4. The number of anilines is 1. The molecule has 4 rings (SSSR count). The average Bonchev–Trinajstić information content (AvgIpc) is 3.35. The van der Waals surface area contributed by atoms with Crippen molar-refractivity contribution in [3.8, 4) is 0 Å². The predicted octanol–water partition coefficient (Wildman–Crippen LogP) is 3.56. The van der Waals surface area contributed by atoms with Gasteiger partial charge in [-0.3, -0.25) is 9.48 Å². The molecule has 134 valence electrons. The third kappa shape index (κ3) is 3.96. The molecule has 5 nitrogen and oxygen atoms in total. The molecule has 0 bridgehead atoms. The lowest BCUT2D eigenvalue weighted by Gasteiger charge is -2.13. The smallest absolute Gasteiger partial charge is 0.257 e. The molecule has 0 spiro atoms. The van der Waals surface area contributed by atoms with Crippen molar-refractivity contribution in [2.45, 2.75) is 51.5 Å². The van der Waals surface area contributed by atoms with Crippen LogP contribution in [0.1, 0.15) is 52.9 Å². The summed E-state index contributed by atoms with van der Waals surface area (Å²) in [5.41, 5.74) is 2.11. The fourth-order valence-electron chi connectivity index (χ4n) is 3.88. The highest BCUT2D eigenvalue weighted by Crippen LogP contribution is 2.30. The number of carbonyl (C=O) groups is 1. The van der Waals surface area contributed by atoms with E-state index in [0.29, 0.717) is 5.82 Å². The normalized spacial score (nSPS) is 17.6. The highest BCUT2D eigenvalue weighted by Gasteiger charge is 2.20. The van der Waals surface area contributed by atoms with Crippen LogP contribution in [0.2, 0.25) is 0 Å². The minimum absolute atomic E-state index is 0.0123. The van der Waals surface area contributed by atoms with E-state index in [4.69, 9.17) is 0 Å². The molecule has 1 amide bonds. The standard InChI is InChI=1S/C19H26N4OS/c24-19(16-14-25-17-7-2-1-6-15(16)17)20-18-8-13-23(21-18)12-5-11-22-9-3-4-10-22/h8,13-14H,1-7,9-12H2,(H,20,21,24). The molecule has 1 fully saturated rings. The third-order valence-corrected chi connectivity index (χ3v) is 6.34. The van der Waals surface area contributed by atoms with Crippen LogP contribution in [0, 0.1) is 0 Å². The van der Waals surface area contributed by atoms with E-state index in [0.717, 1.165) is 37.9 Å². The molecule has 2 aromatic heterocycles. The summed E-state index contributed by atoms with van der Waals surface area (Å²) in [5, 5.41) is 9.49. The lowest BCUT2D eigenvalue weighted by atomic mass is 9.96. The van der Waals surface area contributed by atoms with E-state index >= 15 is 0 Å². The zero-order valence-electron chi connectivity index (χ0n) is 14.7. The zero-order chi connectivity index (χ0) is 17.1. The molecule has 1 aliphatic carbocycles. The second kappa shape index (κ2) is 7.70. The number of amides is 1. The molecule has 0 atom stereocenters. The average molecular weight is 359 g/mol. The minimum Gasteiger partial charge on any atom is -0.305 e. The quantitative estimate of drug-likeness (QED) is 0.859. The first kappa shape index (κ1) is 16.8. The summed E-state index contributed by atoms with van der Waals surface area (Å²) in [7, 11) is 0. The van der Waals surface area contributed by atoms with Crippen molar-refractivity contribution < 1.29 is 4.79 Å². The van der Waals surface area contributed by atoms with E-state index in [1.165, 1.54) is 49.2 Å². The van der Waals surface area contributed by atoms with Gasteiger partial charge < -0.3 is 10.2 Å². The minimum atomic E-state index is -0.0123. The van der Waals surface area contributed by atoms with Gasteiger partial charge in [0.25, 0.3) is 5.91 Å². The van der Waals surface area contributed by atoms with Gasteiger partial charge in [-0.25, -0.2) is 0 Å². The molecule has 0 saturated carbocycles. The van der Waals surface area contributed by atoms with E-state index in [2.05, 4.69) is 15.3 Å². The topological polar surface area (TPSA) is 50.2 Å². The summed E-state index contributed by atoms with van der Waals surface area (Å²) in [6.45, 7) is 4.53. The summed E-state index contributed by atoms with van der Waals surface area (Å²) < 4.78 is 1.94. The Kier molecular flexibility index (Phi) is 5.17. The van der Waals surface area contributed by atoms with E-state index in [1.54, 1.807) is 11.3 Å². The van der Waals surface area contributed by atoms with Crippen molar-refractivity contribution in [3.05, 3.63) is 33.6 Å². The van der Waals surface area contributed by atoms with Crippen LogP contribution in [0.5, 0.6) is 0 Å². The van der Waals surface area contributed by atoms with Gasteiger partial charge in [0.05, 0.1) is 5.56 Å². The SMILES string of the molecule is O=C(Nc1ccn(CCCN2CCCC2)n1)c1csc2c1CCCC2. The molecular weight excluding hydrogens is 332 g/mol. The number of rotatable bonds is 6. The number of aryl methyl sites for hydroxylation is 2. The van der Waals surface area contributed by atoms with Crippen molar-refractivity contribution >= 4 is 23.1 Å². The predicted molar refractivity (Wildman–Crippen MR) is 101 cm³/mol. The fraction of sp³-hybridized carbons (Fsp3) is 0.579. The molecule has 0 radical (unpaired) electrons. The molecule has 1 N–H and O–H groups in total. The summed E-state index contributed by atoms with van der Waals surface area (Å²) in [6, 6.07) is 1.90. The van der Waals surface area contributed by atoms with Crippen molar-refractivity contribution in [1.82, 2.24) is 14.7 Å². The number of thiophene rings is 1. The van der Waals surface area contributed by atoms with Gasteiger partial charge in [0.15, 0.2) is 5.82 Å². The summed E-state index contributed by atoms with van der Waals surface area (Å²) >= 11 is 1.73. The lowest BCUT2D eigenvalue weighted by Crippen LogP contribution is -2.21. The number of likely N-dealkylation sites (tertiary alicyclic amines) is 1. The Morgan fingerprint density at radius 3 is 2.88 bits per heavy atom. The summed E-state index contributed by atoms with van der Waals surface area (Å²) in [5.74, 6) is 0.642. The Bertz CT molecular complexity index is 730. The van der Waals surface area contributed by atoms with Gasteiger partial charge in [0, 0.05) is 29.1 Å². The maximum atomic E-state index is 12.6. The Labute approximate surface area is 153 Å². The number of nitrogens with one attached hydrogen (secondary N) is 1. The molecular formula is C19H26N4OS. The van der Waals surface area contributed by atoms with Crippen LogP contribution in [-0.4, -0.2) is 40.2 Å². The molecule has 1 saturated heterocycles. The molecule has 2 aromatic rings. The van der Waals surface area contributed by atoms with Crippen LogP contribution in [0.25, 0.3) is 0 Å². The zero-order valence-corrected chi connectivity index (χ0v) is 15.5. The van der Waals surface area contributed by atoms with E-state index in [-0.39, 0.29) is 5.91 Å². The van der Waals surface area contributed by atoms with Gasteiger partial charge in [0.1, 0.15) is 0 Å². The molecule has 0 unspecified atom stereocenters. The third-order valence-electron chi connectivity index (χ3n) is 5.25. The second-order valence-corrected chi connectivity index (χ2v) is 8.04. The van der Waals surface area contributed by atoms with Crippen LogP contribution < -0.4 is 5.32 Å². The monoisotopic (exact) mass is 358 g/mol. The lowest BCUT2D eigenvalue weighted by molar-refractivity contribution is 0.102. The second-order valence-electron chi connectivity index (χ2n) is 7.08. The largest absolute Gasteiger partial charge is 0.305 e. The number of hydrogen-bond donors (Lipinski definition) is 1. The van der Waals surface area contributed by atoms with E-state index < -0.39 is 0 Å². The van der Waals surface area contributed by atoms with Crippen LogP contribution in [-0.2, 0) is 19.4 Å². The van der Waals surface area contributed by atoms with Crippen LogP contribution in [0.3, 0.4) is 0 Å². The van der Waals surface area contributed by atoms with Gasteiger partial charge >= 0.3 is 0 Å². The number of carbonyl (C=O) groups excluding carboxylic acids is 1. The van der Waals surface area contributed by atoms with Crippen LogP contribution in [0.15, 0.2) is 17.6 Å². The Morgan fingerprint density at radius 2 is 2.00 bits per heavy atom. The summed E-state index contributed by atoms with van der Waals surface area (Å²) in [4.78, 5) is 16.5. The van der Waals surface area contributed by atoms with E-state index in [1.807, 2.05) is 22.3 Å². The molecule has 25 heavy (non-hydrogen) atoms. The van der Waals surface area contributed by atoms with Gasteiger partial charge in [-0.1, -0.05) is 0 Å². The van der Waals surface area contributed by atoms with Gasteiger partial charge in [-0.05, 0) is 70.1 Å². The molecule has 2 aliphatic rings. The van der Waals surface area contributed by atoms with Crippen molar-refractivity contribution in [1.29, 1.82) is 0 Å². The van der Waals surface area contributed by atoms with Crippen LogP contribution >= 0.6 is 11.3 Å². The van der Waals surface area contributed by atoms with E-state index in [9.17, 15) is 4.79 Å². The Hall–Kier alpha value is -1.66.